The van der Waals surface area contributed by atoms with Crippen LogP contribution in [-0.2, 0) is 0 Å². The van der Waals surface area contributed by atoms with Gasteiger partial charge in [0.15, 0.2) is 5.78 Å². The minimum absolute atomic E-state index is 0.0897. The molecule has 0 saturated carbocycles. The molecule has 92 valence electrons. The molecule has 0 spiro atoms. The number of carbonyl (C=O) groups excluding carboxylic acids is 1. The standard InChI is InChI=1S/C14H12BrNO2/c1-18-13-7-4-10(15)8-12(13)14(17)9-2-5-11(16)6-3-9/h2-8H,16H2,1H3. The van der Waals surface area contributed by atoms with Gasteiger partial charge in [-0.25, -0.2) is 0 Å². The van der Waals surface area contributed by atoms with Crippen molar-refractivity contribution in [2.24, 2.45) is 0 Å². The van der Waals surface area contributed by atoms with E-state index in [1.165, 1.54) is 0 Å². The fraction of sp³-hybridized carbons (Fsp3) is 0.0714. The third kappa shape index (κ3) is 2.54. The first-order valence-corrected chi connectivity index (χ1v) is 6.15. The Morgan fingerprint density at radius 3 is 2.44 bits per heavy atom. The molecule has 0 bridgehead atoms. The highest BCUT2D eigenvalue weighted by Crippen LogP contribution is 2.25. The molecule has 0 aliphatic carbocycles. The third-order valence-electron chi connectivity index (χ3n) is 2.58. The summed E-state index contributed by atoms with van der Waals surface area (Å²) in [6.07, 6.45) is 0. The summed E-state index contributed by atoms with van der Waals surface area (Å²) >= 11 is 3.35. The number of anilines is 1. The quantitative estimate of drug-likeness (QED) is 0.699. The molecule has 0 aromatic heterocycles. The zero-order chi connectivity index (χ0) is 13.1. The Kier molecular flexibility index (Phi) is 3.67. The average molecular weight is 306 g/mol. The van der Waals surface area contributed by atoms with E-state index in [0.29, 0.717) is 22.6 Å². The van der Waals surface area contributed by atoms with Crippen molar-refractivity contribution in [3.63, 3.8) is 0 Å². The summed E-state index contributed by atoms with van der Waals surface area (Å²) in [5.74, 6) is 0.466. The molecule has 2 aromatic rings. The van der Waals surface area contributed by atoms with Gasteiger partial charge >= 0.3 is 0 Å². The van der Waals surface area contributed by atoms with Crippen LogP contribution >= 0.6 is 15.9 Å². The molecule has 3 nitrogen and oxygen atoms in total. The van der Waals surface area contributed by atoms with Crippen molar-refractivity contribution in [1.82, 2.24) is 0 Å². The zero-order valence-corrected chi connectivity index (χ0v) is 11.4. The van der Waals surface area contributed by atoms with Gasteiger partial charge in [0, 0.05) is 15.7 Å². The summed E-state index contributed by atoms with van der Waals surface area (Å²) in [5, 5.41) is 0. The SMILES string of the molecule is COc1ccc(Br)cc1C(=O)c1ccc(N)cc1. The summed E-state index contributed by atoms with van der Waals surface area (Å²) in [4.78, 5) is 12.3. The van der Waals surface area contributed by atoms with E-state index in [4.69, 9.17) is 10.5 Å². The van der Waals surface area contributed by atoms with E-state index in [1.54, 1.807) is 43.5 Å². The van der Waals surface area contributed by atoms with Gasteiger partial charge < -0.3 is 10.5 Å². The highest BCUT2D eigenvalue weighted by atomic mass is 79.9. The number of methoxy groups -OCH3 is 1. The van der Waals surface area contributed by atoms with E-state index in [1.807, 2.05) is 6.07 Å². The number of nitrogen functional groups attached to an aromatic ring is 1. The Hall–Kier alpha value is -1.81. The number of rotatable bonds is 3. The lowest BCUT2D eigenvalue weighted by Gasteiger charge is -2.08. The predicted molar refractivity (Wildman–Crippen MR) is 75.0 cm³/mol. The molecule has 2 N–H and O–H groups in total. The first kappa shape index (κ1) is 12.6. The van der Waals surface area contributed by atoms with Crippen molar-refractivity contribution in [2.45, 2.75) is 0 Å². The fourth-order valence-electron chi connectivity index (χ4n) is 1.65. The number of hydrogen-bond acceptors (Lipinski definition) is 3. The second kappa shape index (κ2) is 5.23. The summed E-state index contributed by atoms with van der Waals surface area (Å²) in [6.45, 7) is 0. The molecule has 0 radical (unpaired) electrons. The van der Waals surface area contributed by atoms with E-state index in [2.05, 4.69) is 15.9 Å². The molecule has 2 aromatic carbocycles. The van der Waals surface area contributed by atoms with Crippen molar-refractivity contribution in [2.75, 3.05) is 12.8 Å². The van der Waals surface area contributed by atoms with Gasteiger partial charge in [0.25, 0.3) is 0 Å². The normalized spacial score (nSPS) is 10.1. The van der Waals surface area contributed by atoms with E-state index in [9.17, 15) is 4.79 Å². The molecule has 0 atom stereocenters. The van der Waals surface area contributed by atoms with Crippen LogP contribution < -0.4 is 10.5 Å². The van der Waals surface area contributed by atoms with E-state index < -0.39 is 0 Å². The van der Waals surface area contributed by atoms with Crippen molar-refractivity contribution < 1.29 is 9.53 Å². The lowest BCUT2D eigenvalue weighted by atomic mass is 10.0. The maximum absolute atomic E-state index is 12.3. The highest BCUT2D eigenvalue weighted by Gasteiger charge is 2.14. The number of halogens is 1. The van der Waals surface area contributed by atoms with Gasteiger partial charge in [-0.15, -0.1) is 0 Å². The Labute approximate surface area is 114 Å². The number of nitrogens with two attached hydrogens (primary N) is 1. The van der Waals surface area contributed by atoms with E-state index in [0.717, 1.165) is 4.47 Å². The lowest BCUT2D eigenvalue weighted by molar-refractivity contribution is 0.103. The van der Waals surface area contributed by atoms with Crippen molar-refractivity contribution in [1.29, 1.82) is 0 Å². The van der Waals surface area contributed by atoms with Crippen LogP contribution in [0.2, 0.25) is 0 Å². The van der Waals surface area contributed by atoms with Crippen LogP contribution in [-0.4, -0.2) is 12.9 Å². The van der Waals surface area contributed by atoms with Crippen LogP contribution in [0.1, 0.15) is 15.9 Å². The van der Waals surface area contributed by atoms with Gasteiger partial charge in [-0.2, -0.15) is 0 Å². The summed E-state index contributed by atoms with van der Waals surface area (Å²) in [7, 11) is 1.54. The van der Waals surface area contributed by atoms with Gasteiger partial charge in [0.2, 0.25) is 0 Å². The smallest absolute Gasteiger partial charge is 0.196 e. The minimum atomic E-state index is -0.0897. The summed E-state index contributed by atoms with van der Waals surface area (Å²) in [6, 6.07) is 12.2. The molecule has 4 heteroatoms. The molecule has 0 heterocycles. The second-order valence-corrected chi connectivity index (χ2v) is 4.71. The zero-order valence-electron chi connectivity index (χ0n) is 9.81. The molecular weight excluding hydrogens is 294 g/mol. The third-order valence-corrected chi connectivity index (χ3v) is 3.07. The predicted octanol–water partition coefficient (Wildman–Crippen LogP) is 3.27. The van der Waals surface area contributed by atoms with Gasteiger partial charge in [-0.1, -0.05) is 15.9 Å². The Morgan fingerprint density at radius 2 is 1.83 bits per heavy atom. The van der Waals surface area contributed by atoms with Crippen LogP contribution in [0.25, 0.3) is 0 Å². The molecule has 0 amide bonds. The number of hydrogen-bond donors (Lipinski definition) is 1. The maximum atomic E-state index is 12.3. The van der Waals surface area contributed by atoms with Crippen LogP contribution in [0.3, 0.4) is 0 Å². The molecule has 0 aliphatic rings. The summed E-state index contributed by atoms with van der Waals surface area (Å²) in [5.41, 5.74) is 7.34. The van der Waals surface area contributed by atoms with Crippen LogP contribution in [0, 0.1) is 0 Å². The number of carbonyl (C=O) groups is 1. The van der Waals surface area contributed by atoms with Gasteiger partial charge in [-0.3, -0.25) is 4.79 Å². The van der Waals surface area contributed by atoms with Crippen LogP contribution in [0.5, 0.6) is 5.75 Å². The number of benzene rings is 2. The number of ether oxygens (including phenoxy) is 1. The molecule has 0 fully saturated rings. The molecule has 18 heavy (non-hydrogen) atoms. The molecule has 0 unspecified atom stereocenters. The van der Waals surface area contributed by atoms with Gasteiger partial charge in [0.1, 0.15) is 5.75 Å². The lowest BCUT2D eigenvalue weighted by Crippen LogP contribution is -2.04. The maximum Gasteiger partial charge on any atom is 0.196 e. The van der Waals surface area contributed by atoms with Crippen molar-refractivity contribution in [3.8, 4) is 5.75 Å². The molecular formula is C14H12BrNO2. The average Bonchev–Trinajstić information content (AvgIpc) is 2.39. The minimum Gasteiger partial charge on any atom is -0.496 e. The van der Waals surface area contributed by atoms with Crippen molar-refractivity contribution >= 4 is 27.4 Å². The summed E-state index contributed by atoms with van der Waals surface area (Å²) < 4.78 is 6.04. The largest absolute Gasteiger partial charge is 0.496 e. The van der Waals surface area contributed by atoms with Gasteiger partial charge in [-0.05, 0) is 42.5 Å². The topological polar surface area (TPSA) is 52.3 Å². The Balaban J connectivity index is 2.45. The Bertz CT molecular complexity index is 579. The van der Waals surface area contributed by atoms with Crippen LogP contribution in [0.4, 0.5) is 5.69 Å². The van der Waals surface area contributed by atoms with Gasteiger partial charge in [0.05, 0.1) is 12.7 Å². The van der Waals surface area contributed by atoms with Crippen LogP contribution in [0.15, 0.2) is 46.9 Å². The van der Waals surface area contributed by atoms with Crippen molar-refractivity contribution in [3.05, 3.63) is 58.1 Å². The number of ketones is 1. The van der Waals surface area contributed by atoms with E-state index >= 15 is 0 Å². The second-order valence-electron chi connectivity index (χ2n) is 3.80. The monoisotopic (exact) mass is 305 g/mol. The van der Waals surface area contributed by atoms with E-state index in [-0.39, 0.29) is 5.78 Å². The fourth-order valence-corrected chi connectivity index (χ4v) is 2.01. The Morgan fingerprint density at radius 1 is 1.17 bits per heavy atom. The molecule has 0 saturated heterocycles. The molecule has 2 rings (SSSR count). The highest BCUT2D eigenvalue weighted by molar-refractivity contribution is 9.10. The molecule has 0 aliphatic heterocycles. The first-order chi connectivity index (χ1) is 8.61. The first-order valence-electron chi connectivity index (χ1n) is 5.35.